The first kappa shape index (κ1) is 21.2. The zero-order chi connectivity index (χ0) is 20.5. The summed E-state index contributed by atoms with van der Waals surface area (Å²) in [7, 11) is 0. The molecule has 1 amide bonds. The van der Waals surface area contributed by atoms with Gasteiger partial charge in [0.05, 0.1) is 0 Å². The number of hydrazine groups is 1. The van der Waals surface area contributed by atoms with Crippen LogP contribution in [0.25, 0.3) is 0 Å². The van der Waals surface area contributed by atoms with Gasteiger partial charge in [-0.1, -0.05) is 72.3 Å². The highest BCUT2D eigenvalue weighted by molar-refractivity contribution is 8.00. The third-order valence-electron chi connectivity index (χ3n) is 4.00. The van der Waals surface area contributed by atoms with Gasteiger partial charge in [-0.25, -0.2) is 0 Å². The zero-order valence-electron chi connectivity index (χ0n) is 15.5. The first-order valence-electron chi connectivity index (χ1n) is 8.96. The fraction of sp³-hybridized carbons (Fsp3) is 0.0909. The number of halogens is 1. The number of nitrogens with one attached hydrogen (secondary N) is 3. The van der Waals surface area contributed by atoms with E-state index < -0.39 is 5.25 Å². The molecule has 0 radical (unpaired) electrons. The van der Waals surface area contributed by atoms with Crippen molar-refractivity contribution in [3.8, 4) is 0 Å². The molecule has 3 rings (SSSR count). The average molecular weight is 442 g/mol. The standard InChI is InChI=1S/C22H20ClN3OS2/c23-18-13-11-16(12-14-18)15-24-22(28)26-25-21(27)20(17-7-3-1-4-8-17)29-19-9-5-2-6-10-19/h1-14,20H,15H2,(H,25,27)(H2,24,26,28). The Morgan fingerprint density at radius 1 is 0.897 bits per heavy atom. The molecule has 4 nitrogen and oxygen atoms in total. The minimum atomic E-state index is -0.412. The molecular formula is C22H20ClN3OS2. The lowest BCUT2D eigenvalue weighted by atomic mass is 10.1. The first-order chi connectivity index (χ1) is 14.1. The number of thioether (sulfide) groups is 1. The second-order valence-electron chi connectivity index (χ2n) is 6.15. The van der Waals surface area contributed by atoms with E-state index in [2.05, 4.69) is 16.2 Å². The van der Waals surface area contributed by atoms with Gasteiger partial charge in [0.25, 0.3) is 5.91 Å². The summed E-state index contributed by atoms with van der Waals surface area (Å²) in [5, 5.41) is 3.67. The van der Waals surface area contributed by atoms with Crippen LogP contribution < -0.4 is 16.2 Å². The summed E-state index contributed by atoms with van der Waals surface area (Å²) in [6.45, 7) is 0.528. The molecular weight excluding hydrogens is 422 g/mol. The predicted molar refractivity (Wildman–Crippen MR) is 124 cm³/mol. The van der Waals surface area contributed by atoms with E-state index in [1.807, 2.05) is 84.9 Å². The van der Waals surface area contributed by atoms with Gasteiger partial charge in [0, 0.05) is 16.5 Å². The van der Waals surface area contributed by atoms with E-state index in [-0.39, 0.29) is 5.91 Å². The maximum absolute atomic E-state index is 12.9. The smallest absolute Gasteiger partial charge is 0.256 e. The topological polar surface area (TPSA) is 53.2 Å². The Bertz CT molecular complexity index is 937. The van der Waals surface area contributed by atoms with Crippen LogP contribution in [0.5, 0.6) is 0 Å². The Labute approximate surface area is 185 Å². The van der Waals surface area contributed by atoms with E-state index in [4.69, 9.17) is 23.8 Å². The monoisotopic (exact) mass is 441 g/mol. The number of hydrogen-bond donors (Lipinski definition) is 3. The number of hydrogen-bond acceptors (Lipinski definition) is 3. The van der Waals surface area contributed by atoms with Crippen LogP contribution in [0, 0.1) is 0 Å². The largest absolute Gasteiger partial charge is 0.357 e. The van der Waals surface area contributed by atoms with Crippen LogP contribution in [0.2, 0.25) is 5.02 Å². The summed E-state index contributed by atoms with van der Waals surface area (Å²) in [4.78, 5) is 13.9. The normalized spacial score (nSPS) is 11.3. The molecule has 29 heavy (non-hydrogen) atoms. The van der Waals surface area contributed by atoms with Crippen molar-refractivity contribution in [3.05, 3.63) is 101 Å². The molecule has 0 aliphatic heterocycles. The predicted octanol–water partition coefficient (Wildman–Crippen LogP) is 4.87. The van der Waals surface area contributed by atoms with E-state index in [1.165, 1.54) is 11.8 Å². The number of benzene rings is 3. The van der Waals surface area contributed by atoms with Gasteiger partial charge in [0.2, 0.25) is 0 Å². The maximum Gasteiger partial charge on any atom is 0.256 e. The van der Waals surface area contributed by atoms with E-state index >= 15 is 0 Å². The van der Waals surface area contributed by atoms with Crippen molar-refractivity contribution in [2.45, 2.75) is 16.7 Å². The molecule has 0 spiro atoms. The first-order valence-corrected chi connectivity index (χ1v) is 10.6. The quantitative estimate of drug-likeness (QED) is 0.289. The molecule has 0 aliphatic carbocycles. The second-order valence-corrected chi connectivity index (χ2v) is 8.17. The average Bonchev–Trinajstić information content (AvgIpc) is 2.76. The Balaban J connectivity index is 1.57. The van der Waals surface area contributed by atoms with Crippen LogP contribution >= 0.6 is 35.6 Å². The molecule has 7 heteroatoms. The summed E-state index contributed by atoms with van der Waals surface area (Å²) in [5.74, 6) is -0.180. The Morgan fingerprint density at radius 2 is 1.52 bits per heavy atom. The lowest BCUT2D eigenvalue weighted by Gasteiger charge is -2.18. The second kappa shape index (κ2) is 10.9. The van der Waals surface area contributed by atoms with Crippen LogP contribution in [0.1, 0.15) is 16.4 Å². The minimum absolute atomic E-state index is 0.180. The highest BCUT2D eigenvalue weighted by atomic mass is 35.5. The van der Waals surface area contributed by atoms with Gasteiger partial charge in [-0.15, -0.1) is 11.8 Å². The van der Waals surface area contributed by atoms with Crippen LogP contribution in [-0.2, 0) is 11.3 Å². The lowest BCUT2D eigenvalue weighted by molar-refractivity contribution is -0.121. The van der Waals surface area contributed by atoms with Gasteiger partial charge in [-0.3, -0.25) is 15.6 Å². The maximum atomic E-state index is 12.9. The molecule has 1 atom stereocenters. The lowest BCUT2D eigenvalue weighted by Crippen LogP contribution is -2.47. The molecule has 0 aromatic heterocycles. The van der Waals surface area contributed by atoms with Crippen LogP contribution in [0.4, 0.5) is 0 Å². The fourth-order valence-corrected chi connectivity index (χ4v) is 3.84. The minimum Gasteiger partial charge on any atom is -0.357 e. The van der Waals surface area contributed by atoms with E-state index in [0.29, 0.717) is 16.7 Å². The number of thiocarbonyl (C=S) groups is 1. The third kappa shape index (κ3) is 6.78. The van der Waals surface area contributed by atoms with E-state index in [0.717, 1.165) is 16.0 Å². The molecule has 0 fully saturated rings. The van der Waals surface area contributed by atoms with Crippen molar-refractivity contribution in [3.63, 3.8) is 0 Å². The Morgan fingerprint density at radius 3 is 2.17 bits per heavy atom. The molecule has 3 aromatic rings. The van der Waals surface area contributed by atoms with Gasteiger partial charge in [0.1, 0.15) is 5.25 Å². The molecule has 0 aliphatic rings. The van der Waals surface area contributed by atoms with Gasteiger partial charge < -0.3 is 5.32 Å². The van der Waals surface area contributed by atoms with Gasteiger partial charge in [0.15, 0.2) is 5.11 Å². The summed E-state index contributed by atoms with van der Waals surface area (Å²) >= 11 is 12.6. The molecule has 3 N–H and O–H groups in total. The van der Waals surface area contributed by atoms with Crippen LogP contribution in [-0.4, -0.2) is 11.0 Å². The van der Waals surface area contributed by atoms with Crippen molar-refractivity contribution in [2.75, 3.05) is 0 Å². The Hall–Kier alpha value is -2.54. The van der Waals surface area contributed by atoms with Crippen molar-refractivity contribution in [1.82, 2.24) is 16.2 Å². The molecule has 0 saturated carbocycles. The number of carbonyl (C=O) groups excluding carboxylic acids is 1. The van der Waals surface area contributed by atoms with Gasteiger partial charge in [-0.05, 0) is 47.6 Å². The zero-order valence-corrected chi connectivity index (χ0v) is 17.9. The molecule has 0 saturated heterocycles. The number of rotatable bonds is 6. The molecule has 0 heterocycles. The van der Waals surface area contributed by atoms with Crippen molar-refractivity contribution >= 4 is 46.6 Å². The molecule has 148 valence electrons. The molecule has 1 unspecified atom stereocenters. The van der Waals surface area contributed by atoms with Gasteiger partial charge >= 0.3 is 0 Å². The number of carbonyl (C=O) groups is 1. The highest BCUT2D eigenvalue weighted by Crippen LogP contribution is 2.35. The van der Waals surface area contributed by atoms with E-state index in [9.17, 15) is 4.79 Å². The summed E-state index contributed by atoms with van der Waals surface area (Å²) in [5.41, 5.74) is 7.44. The van der Waals surface area contributed by atoms with Gasteiger partial charge in [-0.2, -0.15) is 0 Å². The molecule has 0 bridgehead atoms. The number of amides is 1. The highest BCUT2D eigenvalue weighted by Gasteiger charge is 2.22. The summed E-state index contributed by atoms with van der Waals surface area (Å²) < 4.78 is 0. The Kier molecular flexibility index (Phi) is 7.93. The van der Waals surface area contributed by atoms with Crippen molar-refractivity contribution in [2.24, 2.45) is 0 Å². The van der Waals surface area contributed by atoms with Crippen molar-refractivity contribution in [1.29, 1.82) is 0 Å². The van der Waals surface area contributed by atoms with E-state index in [1.54, 1.807) is 0 Å². The fourth-order valence-electron chi connectivity index (χ4n) is 2.55. The van der Waals surface area contributed by atoms with Crippen LogP contribution in [0.15, 0.2) is 89.8 Å². The molecule has 3 aromatic carbocycles. The SMILES string of the molecule is O=C(NNC(=S)NCc1ccc(Cl)cc1)C(Sc1ccccc1)c1ccccc1. The van der Waals surface area contributed by atoms with Crippen LogP contribution in [0.3, 0.4) is 0 Å². The van der Waals surface area contributed by atoms with Crippen molar-refractivity contribution < 1.29 is 4.79 Å². The summed E-state index contributed by atoms with van der Waals surface area (Å²) in [6.07, 6.45) is 0. The summed E-state index contributed by atoms with van der Waals surface area (Å²) in [6, 6.07) is 27.0. The third-order valence-corrected chi connectivity index (χ3v) is 5.77.